The van der Waals surface area contributed by atoms with Crippen LogP contribution in [0.25, 0.3) is 0 Å². The van der Waals surface area contributed by atoms with Gasteiger partial charge in [0.15, 0.2) is 6.61 Å². The highest BCUT2D eigenvalue weighted by Crippen LogP contribution is 2.23. The molecule has 0 radical (unpaired) electrons. The molecule has 0 heterocycles. The van der Waals surface area contributed by atoms with Crippen molar-refractivity contribution in [3.05, 3.63) is 28.8 Å². The van der Waals surface area contributed by atoms with Crippen LogP contribution in [0.3, 0.4) is 0 Å². The summed E-state index contributed by atoms with van der Waals surface area (Å²) in [5.41, 5.74) is 0.179. The van der Waals surface area contributed by atoms with Crippen molar-refractivity contribution >= 4 is 23.5 Å². The van der Waals surface area contributed by atoms with E-state index in [0.29, 0.717) is 5.02 Å². The fourth-order valence-electron chi connectivity index (χ4n) is 1.34. The minimum atomic E-state index is -0.552. The van der Waals surface area contributed by atoms with Crippen LogP contribution < -0.4 is 4.74 Å². The highest BCUT2D eigenvalue weighted by atomic mass is 35.5. The number of ether oxygens (including phenoxy) is 3. The Morgan fingerprint density at radius 3 is 2.47 bits per heavy atom. The summed E-state index contributed by atoms with van der Waals surface area (Å²) in [6.45, 7) is 3.63. The van der Waals surface area contributed by atoms with E-state index < -0.39 is 11.9 Å². The van der Waals surface area contributed by atoms with Gasteiger partial charge in [0, 0.05) is 5.02 Å². The second kappa shape index (κ2) is 7.63. The van der Waals surface area contributed by atoms with E-state index in [1.54, 1.807) is 19.9 Å². The average molecular weight is 287 g/mol. The van der Waals surface area contributed by atoms with Crippen LogP contribution in [0.1, 0.15) is 24.2 Å². The molecule has 0 atom stereocenters. The number of carbonyl (C=O) groups is 2. The second-order valence-corrected chi connectivity index (χ2v) is 3.89. The van der Waals surface area contributed by atoms with Gasteiger partial charge in [0.1, 0.15) is 11.3 Å². The van der Waals surface area contributed by atoms with Gasteiger partial charge in [0.05, 0.1) is 13.2 Å². The van der Waals surface area contributed by atoms with Crippen LogP contribution in [-0.2, 0) is 14.3 Å². The molecule has 5 nitrogen and oxygen atoms in total. The molecule has 0 amide bonds. The van der Waals surface area contributed by atoms with Gasteiger partial charge >= 0.3 is 11.9 Å². The van der Waals surface area contributed by atoms with Crippen LogP contribution in [-0.4, -0.2) is 31.8 Å². The molecule has 0 bridgehead atoms. The first-order valence-corrected chi connectivity index (χ1v) is 6.21. The predicted octanol–water partition coefficient (Wildman–Crippen LogP) is 2.46. The summed E-state index contributed by atoms with van der Waals surface area (Å²) in [5.74, 6) is -0.827. The quantitative estimate of drug-likeness (QED) is 0.752. The van der Waals surface area contributed by atoms with Gasteiger partial charge in [-0.05, 0) is 32.0 Å². The summed E-state index contributed by atoms with van der Waals surface area (Å²) in [6.07, 6.45) is 0. The molecule has 0 spiro atoms. The van der Waals surface area contributed by atoms with Gasteiger partial charge in [-0.15, -0.1) is 0 Å². The highest BCUT2D eigenvalue weighted by Gasteiger charge is 2.15. The summed E-state index contributed by atoms with van der Waals surface area (Å²) in [7, 11) is 0. The Morgan fingerprint density at radius 2 is 1.84 bits per heavy atom. The standard InChI is InChI=1S/C13H15ClO5/c1-3-17-12(15)8-19-11-6-5-9(14)7-10(11)13(16)18-4-2/h5-7H,3-4,8H2,1-2H3. The van der Waals surface area contributed by atoms with Crippen LogP contribution in [0.5, 0.6) is 5.75 Å². The van der Waals surface area contributed by atoms with Crippen molar-refractivity contribution in [2.24, 2.45) is 0 Å². The molecule has 0 fully saturated rings. The SMILES string of the molecule is CCOC(=O)COc1ccc(Cl)cc1C(=O)OCC. The normalized spacial score (nSPS) is 9.84. The molecular weight excluding hydrogens is 272 g/mol. The van der Waals surface area contributed by atoms with Crippen LogP contribution in [0.2, 0.25) is 5.02 Å². The fraction of sp³-hybridized carbons (Fsp3) is 0.385. The molecule has 0 unspecified atom stereocenters. The molecule has 104 valence electrons. The van der Waals surface area contributed by atoms with Crippen LogP contribution in [0, 0.1) is 0 Å². The van der Waals surface area contributed by atoms with Gasteiger partial charge in [-0.1, -0.05) is 11.6 Å². The minimum absolute atomic E-state index is 0.179. The summed E-state index contributed by atoms with van der Waals surface area (Å²) in [6, 6.07) is 4.50. The zero-order valence-electron chi connectivity index (χ0n) is 10.8. The van der Waals surface area contributed by atoms with Crippen molar-refractivity contribution < 1.29 is 23.8 Å². The molecule has 0 saturated heterocycles. The highest BCUT2D eigenvalue weighted by molar-refractivity contribution is 6.31. The first-order chi connectivity index (χ1) is 9.08. The molecule has 0 N–H and O–H groups in total. The van der Waals surface area contributed by atoms with Crippen molar-refractivity contribution in [1.82, 2.24) is 0 Å². The van der Waals surface area contributed by atoms with Crippen molar-refractivity contribution in [2.75, 3.05) is 19.8 Å². The van der Waals surface area contributed by atoms with E-state index in [1.165, 1.54) is 12.1 Å². The number of esters is 2. The van der Waals surface area contributed by atoms with E-state index in [4.69, 9.17) is 25.8 Å². The molecule has 1 aromatic rings. The lowest BCUT2D eigenvalue weighted by atomic mass is 10.2. The molecule has 6 heteroatoms. The number of rotatable bonds is 6. The third-order valence-corrected chi connectivity index (χ3v) is 2.32. The topological polar surface area (TPSA) is 61.8 Å². The number of benzene rings is 1. The number of hydrogen-bond acceptors (Lipinski definition) is 5. The molecule has 19 heavy (non-hydrogen) atoms. The van der Waals surface area contributed by atoms with E-state index in [0.717, 1.165) is 0 Å². The number of halogens is 1. The van der Waals surface area contributed by atoms with Gasteiger partial charge in [-0.2, -0.15) is 0 Å². The van der Waals surface area contributed by atoms with Gasteiger partial charge in [0.2, 0.25) is 0 Å². The maximum Gasteiger partial charge on any atom is 0.344 e. The van der Waals surface area contributed by atoms with Crippen molar-refractivity contribution in [1.29, 1.82) is 0 Å². The van der Waals surface area contributed by atoms with Crippen molar-refractivity contribution in [3.63, 3.8) is 0 Å². The van der Waals surface area contributed by atoms with Crippen LogP contribution in [0.15, 0.2) is 18.2 Å². The summed E-state index contributed by atoms with van der Waals surface area (Å²) >= 11 is 5.82. The Hall–Kier alpha value is -1.75. The van der Waals surface area contributed by atoms with Crippen molar-refractivity contribution in [2.45, 2.75) is 13.8 Å². The van der Waals surface area contributed by atoms with Crippen molar-refractivity contribution in [3.8, 4) is 5.75 Å². The number of carbonyl (C=O) groups excluding carboxylic acids is 2. The lowest BCUT2D eigenvalue weighted by Gasteiger charge is -2.10. The Balaban J connectivity index is 2.82. The zero-order chi connectivity index (χ0) is 14.3. The van der Waals surface area contributed by atoms with E-state index in [9.17, 15) is 9.59 Å². The number of hydrogen-bond donors (Lipinski definition) is 0. The summed E-state index contributed by atoms with van der Waals surface area (Å²) in [4.78, 5) is 22.9. The summed E-state index contributed by atoms with van der Waals surface area (Å²) < 4.78 is 14.9. The molecule has 1 rings (SSSR count). The smallest absolute Gasteiger partial charge is 0.344 e. The van der Waals surface area contributed by atoms with E-state index in [2.05, 4.69) is 0 Å². The molecule has 0 aliphatic rings. The van der Waals surface area contributed by atoms with E-state index in [-0.39, 0.29) is 31.1 Å². The second-order valence-electron chi connectivity index (χ2n) is 3.45. The Kier molecular flexibility index (Phi) is 6.15. The molecular formula is C13H15ClO5. The third-order valence-electron chi connectivity index (χ3n) is 2.09. The van der Waals surface area contributed by atoms with Gasteiger partial charge in [-0.25, -0.2) is 9.59 Å². The maximum absolute atomic E-state index is 11.7. The molecule has 0 aliphatic heterocycles. The van der Waals surface area contributed by atoms with Gasteiger partial charge in [0.25, 0.3) is 0 Å². The Bertz CT molecular complexity index is 458. The zero-order valence-corrected chi connectivity index (χ0v) is 11.5. The Labute approximate surface area is 116 Å². The Morgan fingerprint density at radius 1 is 1.16 bits per heavy atom. The first-order valence-electron chi connectivity index (χ1n) is 5.83. The maximum atomic E-state index is 11.7. The third kappa shape index (κ3) is 4.79. The van der Waals surface area contributed by atoms with E-state index >= 15 is 0 Å². The molecule has 0 saturated carbocycles. The van der Waals surface area contributed by atoms with Crippen LogP contribution in [0.4, 0.5) is 0 Å². The van der Waals surface area contributed by atoms with Crippen LogP contribution >= 0.6 is 11.6 Å². The minimum Gasteiger partial charge on any atom is -0.481 e. The summed E-state index contributed by atoms with van der Waals surface area (Å²) in [5, 5.41) is 0.381. The van der Waals surface area contributed by atoms with Gasteiger partial charge < -0.3 is 14.2 Å². The fourth-order valence-corrected chi connectivity index (χ4v) is 1.51. The predicted molar refractivity (Wildman–Crippen MR) is 69.5 cm³/mol. The largest absolute Gasteiger partial charge is 0.481 e. The lowest BCUT2D eigenvalue weighted by molar-refractivity contribution is -0.145. The molecule has 1 aromatic carbocycles. The lowest BCUT2D eigenvalue weighted by Crippen LogP contribution is -2.16. The molecule has 0 aromatic heterocycles. The first kappa shape index (κ1) is 15.3. The van der Waals surface area contributed by atoms with E-state index in [1.807, 2.05) is 0 Å². The average Bonchev–Trinajstić information content (AvgIpc) is 2.38. The molecule has 0 aliphatic carbocycles. The van der Waals surface area contributed by atoms with Gasteiger partial charge in [-0.3, -0.25) is 0 Å². The monoisotopic (exact) mass is 286 g/mol.